The van der Waals surface area contributed by atoms with Crippen molar-refractivity contribution in [2.75, 3.05) is 27.3 Å². The Balaban J connectivity index is 2.02. The Kier molecular flexibility index (Phi) is 5.18. The number of methoxy groups -OCH3 is 1. The topological polar surface area (TPSA) is 49.8 Å². The van der Waals surface area contributed by atoms with Gasteiger partial charge in [0.15, 0.2) is 0 Å². The van der Waals surface area contributed by atoms with Gasteiger partial charge >= 0.3 is 0 Å². The lowest BCUT2D eigenvalue weighted by Gasteiger charge is -2.19. The summed E-state index contributed by atoms with van der Waals surface area (Å²) in [5.41, 5.74) is 1.34. The highest BCUT2D eigenvalue weighted by Crippen LogP contribution is 2.32. The van der Waals surface area contributed by atoms with Gasteiger partial charge < -0.3 is 14.7 Å². The van der Waals surface area contributed by atoms with Crippen LogP contribution in [0.3, 0.4) is 0 Å². The average Bonchev–Trinajstić information content (AvgIpc) is 2.80. The fourth-order valence-electron chi connectivity index (χ4n) is 2.64. The van der Waals surface area contributed by atoms with E-state index in [-0.39, 0.29) is 12.5 Å². The average molecular weight is 297 g/mol. The maximum atomic E-state index is 12.4. The molecule has 1 aliphatic rings. The van der Waals surface area contributed by atoms with Crippen molar-refractivity contribution in [2.24, 2.45) is 5.92 Å². The van der Waals surface area contributed by atoms with Crippen LogP contribution in [0.1, 0.15) is 33.5 Å². The number of aliphatic hydroxyl groups is 1. The van der Waals surface area contributed by atoms with Gasteiger partial charge in [-0.25, -0.2) is 0 Å². The van der Waals surface area contributed by atoms with E-state index in [0.29, 0.717) is 12.5 Å². The second kappa shape index (κ2) is 6.70. The van der Waals surface area contributed by atoms with Crippen molar-refractivity contribution in [1.82, 2.24) is 4.90 Å². The molecule has 1 heterocycles. The summed E-state index contributed by atoms with van der Waals surface area (Å²) in [7, 11) is 3.27. The predicted octanol–water partition coefficient (Wildman–Crippen LogP) is 1.95. The Morgan fingerprint density at radius 2 is 2.40 bits per heavy atom. The number of amides is 1. The minimum atomic E-state index is -0.636. The number of hydrogen-bond donors (Lipinski definition) is 1. The van der Waals surface area contributed by atoms with Crippen molar-refractivity contribution < 1.29 is 14.6 Å². The summed E-state index contributed by atoms with van der Waals surface area (Å²) in [6.45, 7) is 2.80. The minimum Gasteiger partial charge on any atom is -0.389 e. The lowest BCUT2D eigenvalue weighted by atomic mass is 9.90. The molecule has 0 bridgehead atoms. The summed E-state index contributed by atoms with van der Waals surface area (Å²) in [5, 5.41) is 9.70. The van der Waals surface area contributed by atoms with Crippen LogP contribution in [-0.4, -0.2) is 49.3 Å². The second-order valence-corrected chi connectivity index (χ2v) is 6.84. The van der Waals surface area contributed by atoms with Gasteiger partial charge in [0.25, 0.3) is 5.91 Å². The maximum absolute atomic E-state index is 12.4. The first-order chi connectivity index (χ1) is 9.51. The van der Waals surface area contributed by atoms with Crippen LogP contribution in [-0.2, 0) is 17.6 Å². The Bertz CT molecular complexity index is 472. The lowest BCUT2D eigenvalue weighted by Crippen LogP contribution is -2.35. The highest BCUT2D eigenvalue weighted by atomic mass is 32.1. The van der Waals surface area contributed by atoms with Gasteiger partial charge in [-0.15, -0.1) is 11.3 Å². The van der Waals surface area contributed by atoms with Crippen molar-refractivity contribution in [2.45, 2.75) is 32.3 Å². The minimum absolute atomic E-state index is 0.00722. The molecular formula is C15H23NO3S. The smallest absolute Gasteiger partial charge is 0.263 e. The normalized spacial score (nSPS) is 19.5. The molecule has 2 rings (SSSR count). The quantitative estimate of drug-likeness (QED) is 0.904. The van der Waals surface area contributed by atoms with Gasteiger partial charge in [0.05, 0.1) is 17.6 Å². The summed E-state index contributed by atoms with van der Waals surface area (Å²) in [6.07, 6.45) is 2.74. The van der Waals surface area contributed by atoms with Crippen molar-refractivity contribution >= 4 is 17.2 Å². The molecule has 5 heteroatoms. The molecule has 0 saturated carbocycles. The van der Waals surface area contributed by atoms with E-state index in [1.54, 1.807) is 30.4 Å². The van der Waals surface area contributed by atoms with E-state index in [1.165, 1.54) is 16.9 Å². The van der Waals surface area contributed by atoms with Gasteiger partial charge in [-0.3, -0.25) is 4.79 Å². The van der Waals surface area contributed by atoms with Gasteiger partial charge in [-0.05, 0) is 36.8 Å². The molecule has 0 radical (unpaired) electrons. The number of aryl methyl sites for hydroxylation is 1. The van der Waals surface area contributed by atoms with E-state index in [9.17, 15) is 9.90 Å². The molecule has 0 aromatic carbocycles. The highest BCUT2D eigenvalue weighted by molar-refractivity contribution is 7.14. The third kappa shape index (κ3) is 3.59. The van der Waals surface area contributed by atoms with E-state index < -0.39 is 6.10 Å². The van der Waals surface area contributed by atoms with Crippen LogP contribution in [0.25, 0.3) is 0 Å². The van der Waals surface area contributed by atoms with Crippen LogP contribution >= 0.6 is 11.3 Å². The monoisotopic (exact) mass is 297 g/mol. The first-order valence-corrected chi connectivity index (χ1v) is 7.87. The number of carbonyl (C=O) groups is 1. The van der Waals surface area contributed by atoms with Crippen LogP contribution in [0.4, 0.5) is 0 Å². The van der Waals surface area contributed by atoms with Crippen LogP contribution in [0.5, 0.6) is 0 Å². The van der Waals surface area contributed by atoms with Crippen LogP contribution in [0.2, 0.25) is 0 Å². The number of hydrogen-bond acceptors (Lipinski definition) is 4. The van der Waals surface area contributed by atoms with Crippen molar-refractivity contribution in [1.29, 1.82) is 0 Å². The molecule has 1 amide bonds. The summed E-state index contributed by atoms with van der Waals surface area (Å²) in [6, 6.07) is 2.04. The van der Waals surface area contributed by atoms with Gasteiger partial charge in [0.1, 0.15) is 0 Å². The number of likely N-dealkylation sites (N-methyl/N-ethyl adjacent to an activating group) is 1. The maximum Gasteiger partial charge on any atom is 0.263 e. The van der Waals surface area contributed by atoms with Gasteiger partial charge in [-0.2, -0.15) is 0 Å². The summed E-state index contributed by atoms with van der Waals surface area (Å²) in [4.78, 5) is 16.1. The lowest BCUT2D eigenvalue weighted by molar-refractivity contribution is 0.0382. The molecule has 0 aliphatic heterocycles. The van der Waals surface area contributed by atoms with Gasteiger partial charge in [-0.1, -0.05) is 6.92 Å². The number of aliphatic hydroxyl groups excluding tert-OH is 1. The second-order valence-electron chi connectivity index (χ2n) is 5.70. The molecule has 1 aliphatic carbocycles. The van der Waals surface area contributed by atoms with Crippen LogP contribution in [0, 0.1) is 5.92 Å². The van der Waals surface area contributed by atoms with Crippen molar-refractivity contribution in [3.63, 3.8) is 0 Å². The first kappa shape index (κ1) is 15.5. The number of fused-ring (bicyclic) bond motifs is 1. The highest BCUT2D eigenvalue weighted by Gasteiger charge is 2.23. The number of thiophene rings is 1. The zero-order valence-corrected chi connectivity index (χ0v) is 13.2. The third-order valence-corrected chi connectivity index (χ3v) is 4.96. The molecule has 2 atom stereocenters. The number of nitrogens with zero attached hydrogens (tertiary/aromatic N) is 1. The summed E-state index contributed by atoms with van der Waals surface area (Å²) in [5.74, 6) is 0.702. The SMILES string of the molecule is COCC(O)CN(C)C(=O)c1cc2c(s1)CCC(C)C2. The number of ether oxygens (including phenoxy) is 1. The van der Waals surface area contributed by atoms with E-state index in [2.05, 4.69) is 6.92 Å². The molecule has 1 N–H and O–H groups in total. The number of rotatable bonds is 5. The fourth-order valence-corrected chi connectivity index (χ4v) is 3.85. The largest absolute Gasteiger partial charge is 0.389 e. The van der Waals surface area contributed by atoms with Gasteiger partial charge in [0, 0.05) is 25.6 Å². The van der Waals surface area contributed by atoms with E-state index >= 15 is 0 Å². The Morgan fingerprint density at radius 1 is 1.65 bits per heavy atom. The fraction of sp³-hybridized carbons (Fsp3) is 0.667. The Morgan fingerprint density at radius 3 is 3.10 bits per heavy atom. The molecule has 1 aromatic heterocycles. The first-order valence-electron chi connectivity index (χ1n) is 7.05. The molecule has 20 heavy (non-hydrogen) atoms. The van der Waals surface area contributed by atoms with E-state index in [4.69, 9.17) is 4.74 Å². The van der Waals surface area contributed by atoms with Crippen molar-refractivity contribution in [3.05, 3.63) is 21.4 Å². The van der Waals surface area contributed by atoms with Crippen molar-refractivity contribution in [3.8, 4) is 0 Å². The summed E-state index contributed by atoms with van der Waals surface area (Å²) >= 11 is 1.61. The summed E-state index contributed by atoms with van der Waals surface area (Å²) < 4.78 is 4.88. The predicted molar refractivity (Wildman–Crippen MR) is 80.4 cm³/mol. The van der Waals surface area contributed by atoms with Crippen LogP contribution < -0.4 is 0 Å². The Hall–Kier alpha value is -0.910. The molecule has 0 spiro atoms. The van der Waals surface area contributed by atoms with Gasteiger partial charge in [0.2, 0.25) is 0 Å². The molecule has 2 unspecified atom stereocenters. The molecular weight excluding hydrogens is 274 g/mol. The zero-order valence-electron chi connectivity index (χ0n) is 12.4. The van der Waals surface area contributed by atoms with E-state index in [0.717, 1.165) is 17.7 Å². The zero-order chi connectivity index (χ0) is 14.7. The molecule has 4 nitrogen and oxygen atoms in total. The third-order valence-electron chi connectivity index (χ3n) is 3.73. The molecule has 0 fully saturated rings. The number of carbonyl (C=O) groups excluding carboxylic acids is 1. The molecule has 112 valence electrons. The molecule has 0 saturated heterocycles. The standard InChI is InChI=1S/C15H23NO3S/c1-10-4-5-13-11(6-10)7-14(20-13)15(18)16(2)8-12(17)9-19-3/h7,10,12,17H,4-6,8-9H2,1-3H3. The Labute approximate surface area is 124 Å². The van der Waals surface area contributed by atoms with Crippen LogP contribution in [0.15, 0.2) is 6.07 Å². The molecule has 1 aromatic rings. The van der Waals surface area contributed by atoms with E-state index in [1.807, 2.05) is 6.07 Å².